The normalized spacial score (nSPS) is 18.9. The zero-order chi connectivity index (χ0) is 14.7. The largest absolute Gasteiger partial charge is 0.493 e. The van der Waals surface area contributed by atoms with Crippen molar-refractivity contribution in [1.29, 1.82) is 0 Å². The second kappa shape index (κ2) is 6.24. The van der Waals surface area contributed by atoms with Gasteiger partial charge in [-0.2, -0.15) is 0 Å². The Hall–Kier alpha value is -1.59. The van der Waals surface area contributed by atoms with Gasteiger partial charge in [0.15, 0.2) is 0 Å². The van der Waals surface area contributed by atoms with E-state index in [0.717, 1.165) is 28.9 Å². The molecule has 2 unspecified atom stereocenters. The maximum Gasteiger partial charge on any atom is 0.217 e. The van der Waals surface area contributed by atoms with Crippen LogP contribution in [0.15, 0.2) is 12.1 Å². The van der Waals surface area contributed by atoms with Gasteiger partial charge in [0.1, 0.15) is 5.75 Å². The van der Waals surface area contributed by atoms with E-state index in [4.69, 9.17) is 15.2 Å². The van der Waals surface area contributed by atoms with Crippen molar-refractivity contribution in [3.63, 3.8) is 0 Å². The molecule has 2 atom stereocenters. The highest BCUT2D eigenvalue weighted by Gasteiger charge is 2.26. The molecule has 0 fully saturated rings. The molecule has 0 saturated heterocycles. The molecule has 20 heavy (non-hydrogen) atoms. The third-order valence-electron chi connectivity index (χ3n) is 3.44. The second-order valence-corrected chi connectivity index (χ2v) is 5.22. The molecule has 1 aliphatic rings. The van der Waals surface area contributed by atoms with E-state index in [1.165, 1.54) is 6.92 Å². The van der Waals surface area contributed by atoms with E-state index >= 15 is 0 Å². The summed E-state index contributed by atoms with van der Waals surface area (Å²) >= 11 is 0. The monoisotopic (exact) mass is 278 g/mol. The number of carbonyl (C=O) groups excluding carboxylic acids is 1. The summed E-state index contributed by atoms with van der Waals surface area (Å²) in [4.78, 5) is 11.3. The SMILES string of the molecule is COCC(N)c1cc(C)cc2c1OCCC2NC(C)=O. The maximum atomic E-state index is 11.3. The molecule has 5 heteroatoms. The predicted octanol–water partition coefficient (Wildman–Crippen LogP) is 1.60. The maximum absolute atomic E-state index is 11.3. The van der Waals surface area contributed by atoms with Crippen LogP contribution in [0, 0.1) is 6.92 Å². The Kier molecular flexibility index (Phi) is 4.62. The van der Waals surface area contributed by atoms with Gasteiger partial charge in [0, 0.05) is 31.6 Å². The molecule has 3 N–H and O–H groups in total. The van der Waals surface area contributed by atoms with E-state index in [0.29, 0.717) is 13.2 Å². The molecule has 0 bridgehead atoms. The summed E-state index contributed by atoms with van der Waals surface area (Å²) in [6.45, 7) is 4.56. The van der Waals surface area contributed by atoms with Gasteiger partial charge >= 0.3 is 0 Å². The molecule has 2 rings (SSSR count). The highest BCUT2D eigenvalue weighted by molar-refractivity contribution is 5.73. The lowest BCUT2D eigenvalue weighted by Crippen LogP contribution is -2.31. The van der Waals surface area contributed by atoms with Crippen molar-refractivity contribution in [3.05, 3.63) is 28.8 Å². The van der Waals surface area contributed by atoms with Crippen LogP contribution in [-0.4, -0.2) is 26.2 Å². The summed E-state index contributed by atoms with van der Waals surface area (Å²) in [7, 11) is 1.63. The Bertz CT molecular complexity index is 502. The highest BCUT2D eigenvalue weighted by Crippen LogP contribution is 2.38. The zero-order valence-electron chi connectivity index (χ0n) is 12.2. The van der Waals surface area contributed by atoms with Crippen molar-refractivity contribution < 1.29 is 14.3 Å². The van der Waals surface area contributed by atoms with Crippen LogP contribution >= 0.6 is 0 Å². The topological polar surface area (TPSA) is 73.6 Å². The Balaban J connectivity index is 2.41. The van der Waals surface area contributed by atoms with Gasteiger partial charge in [0.2, 0.25) is 5.91 Å². The first kappa shape index (κ1) is 14.8. The van der Waals surface area contributed by atoms with Gasteiger partial charge in [-0.25, -0.2) is 0 Å². The number of methoxy groups -OCH3 is 1. The molecule has 0 aromatic heterocycles. The van der Waals surface area contributed by atoms with Crippen LogP contribution < -0.4 is 15.8 Å². The lowest BCUT2D eigenvalue weighted by atomic mass is 9.92. The van der Waals surface area contributed by atoms with Gasteiger partial charge in [-0.15, -0.1) is 0 Å². The van der Waals surface area contributed by atoms with Crippen LogP contribution in [0.1, 0.15) is 42.1 Å². The molecule has 0 radical (unpaired) electrons. The van der Waals surface area contributed by atoms with Crippen LogP contribution in [0.5, 0.6) is 5.75 Å². The highest BCUT2D eigenvalue weighted by atomic mass is 16.5. The molecule has 0 aliphatic carbocycles. The van der Waals surface area contributed by atoms with Gasteiger partial charge < -0.3 is 20.5 Å². The molecule has 110 valence electrons. The quantitative estimate of drug-likeness (QED) is 0.877. The number of rotatable bonds is 4. The number of hydrogen-bond donors (Lipinski definition) is 2. The molecule has 1 aromatic carbocycles. The summed E-state index contributed by atoms with van der Waals surface area (Å²) in [6.07, 6.45) is 0.773. The number of hydrogen-bond acceptors (Lipinski definition) is 4. The van der Waals surface area contributed by atoms with E-state index < -0.39 is 0 Å². The summed E-state index contributed by atoms with van der Waals surface area (Å²) in [6, 6.07) is 3.84. The third kappa shape index (κ3) is 3.11. The molecule has 1 amide bonds. The Morgan fingerprint density at radius 2 is 2.35 bits per heavy atom. The van der Waals surface area contributed by atoms with Crippen molar-refractivity contribution in [2.75, 3.05) is 20.3 Å². The minimum absolute atomic E-state index is 0.00959. The fourth-order valence-electron chi connectivity index (χ4n) is 2.63. The number of benzene rings is 1. The average Bonchev–Trinajstić information content (AvgIpc) is 2.38. The van der Waals surface area contributed by atoms with E-state index in [1.807, 2.05) is 13.0 Å². The van der Waals surface area contributed by atoms with Gasteiger partial charge in [-0.05, 0) is 6.92 Å². The summed E-state index contributed by atoms with van der Waals surface area (Å²) in [5.74, 6) is 0.761. The molecule has 5 nitrogen and oxygen atoms in total. The first-order valence-corrected chi connectivity index (χ1v) is 6.81. The lowest BCUT2D eigenvalue weighted by molar-refractivity contribution is -0.119. The molecular weight excluding hydrogens is 256 g/mol. The molecular formula is C15H22N2O3. The molecule has 0 saturated carbocycles. The molecule has 0 spiro atoms. The lowest BCUT2D eigenvalue weighted by Gasteiger charge is -2.30. The number of nitrogens with two attached hydrogens (primary N) is 1. The first-order valence-electron chi connectivity index (χ1n) is 6.81. The Morgan fingerprint density at radius 3 is 3.00 bits per heavy atom. The number of aryl methyl sites for hydroxylation is 1. The average molecular weight is 278 g/mol. The summed E-state index contributed by atoms with van der Waals surface area (Å²) in [5.41, 5.74) is 9.20. The van der Waals surface area contributed by atoms with Crippen molar-refractivity contribution in [1.82, 2.24) is 5.32 Å². The smallest absolute Gasteiger partial charge is 0.217 e. The van der Waals surface area contributed by atoms with Gasteiger partial charge in [-0.1, -0.05) is 17.7 Å². The zero-order valence-corrected chi connectivity index (χ0v) is 12.2. The van der Waals surface area contributed by atoms with E-state index in [-0.39, 0.29) is 18.0 Å². The van der Waals surface area contributed by atoms with Crippen LogP contribution in [0.2, 0.25) is 0 Å². The van der Waals surface area contributed by atoms with Gasteiger partial charge in [0.25, 0.3) is 0 Å². The summed E-state index contributed by atoms with van der Waals surface area (Å²) in [5, 5.41) is 2.97. The third-order valence-corrected chi connectivity index (χ3v) is 3.44. The minimum Gasteiger partial charge on any atom is -0.493 e. The van der Waals surface area contributed by atoms with Crippen LogP contribution in [-0.2, 0) is 9.53 Å². The molecule has 1 heterocycles. The van der Waals surface area contributed by atoms with Gasteiger partial charge in [-0.3, -0.25) is 4.79 Å². The number of ether oxygens (including phenoxy) is 2. The van der Waals surface area contributed by atoms with Crippen molar-refractivity contribution in [2.24, 2.45) is 5.73 Å². The van der Waals surface area contributed by atoms with E-state index in [9.17, 15) is 4.79 Å². The number of amides is 1. The molecule has 1 aliphatic heterocycles. The van der Waals surface area contributed by atoms with Crippen molar-refractivity contribution in [3.8, 4) is 5.75 Å². The fraction of sp³-hybridized carbons (Fsp3) is 0.533. The Labute approximate surface area is 119 Å². The minimum atomic E-state index is -0.232. The number of nitrogens with one attached hydrogen (secondary N) is 1. The van der Waals surface area contributed by atoms with E-state index in [2.05, 4.69) is 11.4 Å². The number of fused-ring (bicyclic) bond motifs is 1. The van der Waals surface area contributed by atoms with Crippen LogP contribution in [0.25, 0.3) is 0 Å². The first-order chi connectivity index (χ1) is 9.52. The van der Waals surface area contributed by atoms with Crippen molar-refractivity contribution >= 4 is 5.91 Å². The van der Waals surface area contributed by atoms with E-state index in [1.54, 1.807) is 7.11 Å². The molecule has 1 aromatic rings. The van der Waals surface area contributed by atoms with Gasteiger partial charge in [0.05, 0.1) is 25.3 Å². The van der Waals surface area contributed by atoms with Crippen molar-refractivity contribution in [2.45, 2.75) is 32.4 Å². The fourth-order valence-corrected chi connectivity index (χ4v) is 2.63. The second-order valence-electron chi connectivity index (χ2n) is 5.22. The van der Waals surface area contributed by atoms with Crippen LogP contribution in [0.4, 0.5) is 0 Å². The van der Waals surface area contributed by atoms with Crippen LogP contribution in [0.3, 0.4) is 0 Å². The number of carbonyl (C=O) groups is 1. The Morgan fingerprint density at radius 1 is 1.60 bits per heavy atom. The predicted molar refractivity (Wildman–Crippen MR) is 76.7 cm³/mol. The standard InChI is InChI=1S/C15H22N2O3/c1-9-6-11(13(16)8-19-3)15-12(7-9)14(4-5-20-15)17-10(2)18/h6-7,13-14H,4-5,8,16H2,1-3H3,(H,17,18). The summed E-state index contributed by atoms with van der Waals surface area (Å²) < 4.78 is 10.9.